The van der Waals surface area contributed by atoms with E-state index in [1.165, 1.54) is 6.20 Å². The summed E-state index contributed by atoms with van der Waals surface area (Å²) in [5.74, 6) is -0.128. The summed E-state index contributed by atoms with van der Waals surface area (Å²) in [5.41, 5.74) is 1.03. The molecular formula is C22H25F4N7O2S. The molecule has 3 unspecified atom stereocenters. The highest BCUT2D eigenvalue weighted by Gasteiger charge is 2.40. The lowest BCUT2D eigenvalue weighted by Crippen LogP contribution is -2.46. The fourth-order valence-corrected chi connectivity index (χ4v) is 4.57. The summed E-state index contributed by atoms with van der Waals surface area (Å²) in [5, 5.41) is 5.86. The molecule has 2 aromatic heterocycles. The number of aryl methyl sites for hydroxylation is 1. The molecule has 2 aliphatic rings. The van der Waals surface area contributed by atoms with Gasteiger partial charge in [0, 0.05) is 19.2 Å². The van der Waals surface area contributed by atoms with E-state index in [-0.39, 0.29) is 17.3 Å². The van der Waals surface area contributed by atoms with Crippen molar-refractivity contribution in [2.75, 3.05) is 36.8 Å². The van der Waals surface area contributed by atoms with Crippen molar-refractivity contribution in [2.45, 2.75) is 44.8 Å². The van der Waals surface area contributed by atoms with Gasteiger partial charge in [-0.2, -0.15) is 17.5 Å². The minimum atomic E-state index is -4.47. The molecule has 0 aliphatic carbocycles. The fraction of sp³-hybridized carbons (Fsp3) is 0.500. The lowest BCUT2D eigenvalue weighted by Gasteiger charge is -2.33. The number of carbonyl (C=O) groups is 1. The number of amides is 1. The second kappa shape index (κ2) is 10.9. The number of aromatic nitrogens is 2. The predicted molar refractivity (Wildman–Crippen MR) is 129 cm³/mol. The first-order valence-electron chi connectivity index (χ1n) is 11.3. The molecule has 0 bridgehead atoms. The summed E-state index contributed by atoms with van der Waals surface area (Å²) in [6.45, 7) is 4.95. The largest absolute Gasteiger partial charge is 0.471 e. The smallest absolute Gasteiger partial charge is 0.412 e. The van der Waals surface area contributed by atoms with Gasteiger partial charge in [-0.15, -0.1) is 0 Å². The standard InChI is InChI=1S/C22H25F4N7O2S/c1-3-33-7-6-15(14(23)11-33)35-18-5-4-13(8-29-18)30-20(34)19-12(2)32-36-21(19)31-17-10-27-16(9-28-17)22(24,25)26/h4-5,8,10,14-16H,3,6-7,9,11H2,1-2H3,(H,28,31)(H,30,34). The Bertz CT molecular complexity index is 1140. The zero-order valence-electron chi connectivity index (χ0n) is 19.5. The van der Waals surface area contributed by atoms with Crippen LogP contribution < -0.4 is 15.4 Å². The Balaban J connectivity index is 1.36. The summed E-state index contributed by atoms with van der Waals surface area (Å²) in [6, 6.07) is 1.26. The van der Waals surface area contributed by atoms with Crippen LogP contribution in [0.2, 0.25) is 0 Å². The van der Waals surface area contributed by atoms with E-state index in [2.05, 4.69) is 30.0 Å². The van der Waals surface area contributed by atoms with Crippen molar-refractivity contribution >= 4 is 40.2 Å². The van der Waals surface area contributed by atoms with Crippen LogP contribution in [-0.4, -0.2) is 82.9 Å². The molecule has 194 valence electrons. The molecule has 2 N–H and O–H groups in total. The van der Waals surface area contributed by atoms with Crippen LogP contribution in [-0.2, 0) is 0 Å². The van der Waals surface area contributed by atoms with Crippen LogP contribution in [0.3, 0.4) is 0 Å². The number of likely N-dealkylation sites (tertiary alicyclic amines) is 1. The highest BCUT2D eigenvalue weighted by atomic mass is 32.1. The molecule has 1 amide bonds. The second-order valence-electron chi connectivity index (χ2n) is 8.35. The number of alkyl halides is 4. The lowest BCUT2D eigenvalue weighted by molar-refractivity contribution is -0.144. The number of amidine groups is 1. The van der Waals surface area contributed by atoms with E-state index in [0.717, 1.165) is 30.8 Å². The van der Waals surface area contributed by atoms with Crippen LogP contribution in [0.5, 0.6) is 5.88 Å². The maximum atomic E-state index is 14.4. The fourth-order valence-electron chi connectivity index (χ4n) is 3.77. The number of anilines is 2. The minimum absolute atomic E-state index is 0.104. The molecule has 2 aromatic rings. The van der Waals surface area contributed by atoms with Gasteiger partial charge in [0.05, 0.1) is 35.9 Å². The zero-order valence-corrected chi connectivity index (χ0v) is 20.4. The minimum Gasteiger partial charge on any atom is -0.471 e. The van der Waals surface area contributed by atoms with Crippen LogP contribution in [0.4, 0.5) is 28.3 Å². The third kappa shape index (κ3) is 6.16. The molecule has 0 radical (unpaired) electrons. The highest BCUT2D eigenvalue weighted by molar-refractivity contribution is 7.11. The molecule has 9 nitrogen and oxygen atoms in total. The number of nitrogens with one attached hydrogen (secondary N) is 2. The number of hydrogen-bond donors (Lipinski definition) is 2. The maximum Gasteiger partial charge on any atom is 0.412 e. The van der Waals surface area contributed by atoms with Crippen molar-refractivity contribution in [3.63, 3.8) is 0 Å². The van der Waals surface area contributed by atoms with Gasteiger partial charge in [-0.1, -0.05) is 6.92 Å². The van der Waals surface area contributed by atoms with E-state index in [9.17, 15) is 22.4 Å². The number of hydrogen-bond acceptors (Lipinski definition) is 9. The molecular weight excluding hydrogens is 502 g/mol. The van der Waals surface area contributed by atoms with Gasteiger partial charge in [0.2, 0.25) is 5.88 Å². The first-order chi connectivity index (χ1) is 17.1. The number of pyridine rings is 1. The Morgan fingerprint density at radius 2 is 2.14 bits per heavy atom. The number of aliphatic imine (C=N–C) groups is 2. The number of piperidine rings is 1. The molecule has 0 saturated carbocycles. The van der Waals surface area contributed by atoms with E-state index >= 15 is 0 Å². The topological polar surface area (TPSA) is 104 Å². The molecule has 36 heavy (non-hydrogen) atoms. The average Bonchev–Trinajstić information content (AvgIpc) is 3.21. The van der Waals surface area contributed by atoms with E-state index < -0.39 is 36.9 Å². The van der Waals surface area contributed by atoms with Crippen LogP contribution in [0.15, 0.2) is 28.3 Å². The Kier molecular flexibility index (Phi) is 7.83. The normalized spacial score (nSPS) is 22.7. The number of nitrogens with zero attached hydrogens (tertiary/aromatic N) is 5. The predicted octanol–water partition coefficient (Wildman–Crippen LogP) is 3.74. The Labute approximate surface area is 208 Å². The number of halogens is 4. The van der Waals surface area contributed by atoms with Crippen molar-refractivity contribution in [1.29, 1.82) is 0 Å². The first kappa shape index (κ1) is 25.9. The van der Waals surface area contributed by atoms with Gasteiger partial charge in [-0.3, -0.25) is 14.8 Å². The van der Waals surface area contributed by atoms with Gasteiger partial charge < -0.3 is 20.3 Å². The van der Waals surface area contributed by atoms with Gasteiger partial charge in [0.25, 0.3) is 5.91 Å². The summed E-state index contributed by atoms with van der Waals surface area (Å²) in [6.07, 6.45) is -3.20. The van der Waals surface area contributed by atoms with Crippen LogP contribution in [0.1, 0.15) is 29.4 Å². The SMILES string of the molecule is CCN1CCC(Oc2ccc(NC(=O)c3c(C)nsc3NC3=NCC(C(F)(F)F)N=C3)cn2)C(F)C1. The lowest BCUT2D eigenvalue weighted by atomic mass is 10.1. The molecule has 3 atom stereocenters. The third-order valence-corrected chi connectivity index (χ3v) is 6.65. The number of rotatable bonds is 6. The Morgan fingerprint density at radius 3 is 2.75 bits per heavy atom. The van der Waals surface area contributed by atoms with Gasteiger partial charge in [0.1, 0.15) is 23.1 Å². The van der Waals surface area contributed by atoms with E-state index in [4.69, 9.17) is 4.74 Å². The van der Waals surface area contributed by atoms with Gasteiger partial charge in [0.15, 0.2) is 6.04 Å². The molecule has 4 rings (SSSR count). The molecule has 2 aliphatic heterocycles. The van der Waals surface area contributed by atoms with E-state index in [0.29, 0.717) is 29.3 Å². The van der Waals surface area contributed by atoms with Crippen LogP contribution in [0, 0.1) is 6.92 Å². The summed E-state index contributed by atoms with van der Waals surface area (Å²) in [4.78, 5) is 26.5. The summed E-state index contributed by atoms with van der Waals surface area (Å²) < 4.78 is 62.5. The molecule has 14 heteroatoms. The van der Waals surface area contributed by atoms with E-state index in [1.807, 2.05) is 11.8 Å². The first-order valence-corrected chi connectivity index (χ1v) is 12.1. The second-order valence-corrected chi connectivity index (χ2v) is 9.13. The molecule has 0 aromatic carbocycles. The quantitative estimate of drug-likeness (QED) is 0.555. The number of carbonyl (C=O) groups excluding carboxylic acids is 1. The van der Waals surface area contributed by atoms with Crippen molar-refractivity contribution in [1.82, 2.24) is 14.3 Å². The van der Waals surface area contributed by atoms with Gasteiger partial charge in [-0.05, 0) is 37.5 Å². The molecule has 0 spiro atoms. The van der Waals surface area contributed by atoms with Crippen molar-refractivity contribution in [2.24, 2.45) is 9.98 Å². The Morgan fingerprint density at radius 1 is 1.33 bits per heavy atom. The van der Waals surface area contributed by atoms with Crippen molar-refractivity contribution < 1.29 is 27.1 Å². The Hall–Kier alpha value is -3.13. The summed E-state index contributed by atoms with van der Waals surface area (Å²) >= 11 is 0.978. The molecule has 1 fully saturated rings. The average molecular weight is 528 g/mol. The maximum absolute atomic E-state index is 14.4. The number of ether oxygens (including phenoxy) is 1. The van der Waals surface area contributed by atoms with Crippen molar-refractivity contribution in [3.8, 4) is 5.88 Å². The monoisotopic (exact) mass is 527 g/mol. The highest BCUT2D eigenvalue weighted by Crippen LogP contribution is 2.28. The summed E-state index contributed by atoms with van der Waals surface area (Å²) in [7, 11) is 0. The van der Waals surface area contributed by atoms with Crippen molar-refractivity contribution in [3.05, 3.63) is 29.6 Å². The molecule has 4 heterocycles. The van der Waals surface area contributed by atoms with Crippen LogP contribution >= 0.6 is 11.5 Å². The zero-order chi connectivity index (χ0) is 25.9. The molecule has 1 saturated heterocycles. The van der Waals surface area contributed by atoms with Gasteiger partial charge >= 0.3 is 6.18 Å². The third-order valence-electron chi connectivity index (χ3n) is 5.80. The van der Waals surface area contributed by atoms with Crippen LogP contribution in [0.25, 0.3) is 0 Å². The van der Waals surface area contributed by atoms with E-state index in [1.54, 1.807) is 19.1 Å². The van der Waals surface area contributed by atoms with Gasteiger partial charge in [-0.25, -0.2) is 9.37 Å².